The van der Waals surface area contributed by atoms with Crippen molar-refractivity contribution in [1.29, 1.82) is 0 Å². The van der Waals surface area contributed by atoms with Crippen molar-refractivity contribution in [3.05, 3.63) is 24.8 Å². The molecule has 0 saturated carbocycles. The van der Waals surface area contributed by atoms with Crippen LogP contribution in [-0.4, -0.2) is 55.5 Å². The van der Waals surface area contributed by atoms with E-state index in [9.17, 15) is 0 Å². The molecule has 1 aliphatic heterocycles. The van der Waals surface area contributed by atoms with Gasteiger partial charge in [0.2, 0.25) is 5.95 Å². The van der Waals surface area contributed by atoms with Gasteiger partial charge in [-0.3, -0.25) is 10.1 Å². The van der Waals surface area contributed by atoms with Gasteiger partial charge in [-0.1, -0.05) is 0 Å². The largest absolute Gasteiger partial charge is 0.337 e. The van der Waals surface area contributed by atoms with Crippen molar-refractivity contribution < 1.29 is 0 Å². The summed E-state index contributed by atoms with van der Waals surface area (Å²) < 4.78 is 1.78. The summed E-state index contributed by atoms with van der Waals surface area (Å²) in [6.45, 7) is 4.94. The lowest BCUT2D eigenvalue weighted by Crippen LogP contribution is -2.49. The first kappa shape index (κ1) is 12.3. The molecule has 0 radical (unpaired) electrons. The lowest BCUT2D eigenvalue weighted by Gasteiger charge is -2.30. The van der Waals surface area contributed by atoms with Gasteiger partial charge in [0, 0.05) is 38.1 Å². The van der Waals surface area contributed by atoms with Crippen LogP contribution in [0.1, 0.15) is 6.92 Å². The summed E-state index contributed by atoms with van der Waals surface area (Å²) >= 11 is 0. The van der Waals surface area contributed by atoms with E-state index in [1.807, 2.05) is 6.20 Å². The quantitative estimate of drug-likeness (QED) is 0.704. The van der Waals surface area contributed by atoms with Crippen LogP contribution in [0.5, 0.6) is 0 Å². The van der Waals surface area contributed by atoms with E-state index in [1.165, 1.54) is 0 Å². The van der Waals surface area contributed by atoms with Crippen LogP contribution in [0.15, 0.2) is 24.8 Å². The Morgan fingerprint density at radius 2 is 2.29 bits per heavy atom. The van der Waals surface area contributed by atoms with Gasteiger partial charge in [-0.2, -0.15) is 10.1 Å². The minimum absolute atomic E-state index is 0.446. The summed E-state index contributed by atoms with van der Waals surface area (Å²) in [5.74, 6) is 1.46. The Labute approximate surface area is 121 Å². The fourth-order valence-electron chi connectivity index (χ4n) is 2.65. The molecule has 1 fully saturated rings. The van der Waals surface area contributed by atoms with Gasteiger partial charge in [-0.05, 0) is 6.92 Å². The molecule has 0 bridgehead atoms. The SMILES string of the molecule is C[C@H]1CN(c2n[nH]c(-c3cnn4ccncc34)n2)CCN1. The van der Waals surface area contributed by atoms with Gasteiger partial charge < -0.3 is 10.2 Å². The monoisotopic (exact) mass is 284 g/mol. The minimum atomic E-state index is 0.446. The third-order valence-electron chi connectivity index (χ3n) is 3.71. The number of nitrogens with one attached hydrogen (secondary N) is 2. The van der Waals surface area contributed by atoms with Crippen molar-refractivity contribution in [2.24, 2.45) is 0 Å². The summed E-state index contributed by atoms with van der Waals surface area (Å²) in [5, 5.41) is 15.1. The van der Waals surface area contributed by atoms with Crippen molar-refractivity contribution >= 4 is 11.5 Å². The fraction of sp³-hybridized carbons (Fsp3) is 0.385. The first-order valence-electron chi connectivity index (χ1n) is 7.00. The number of anilines is 1. The second kappa shape index (κ2) is 4.81. The molecule has 2 N–H and O–H groups in total. The number of piperazine rings is 1. The van der Waals surface area contributed by atoms with Crippen LogP contribution in [0.25, 0.3) is 16.9 Å². The van der Waals surface area contributed by atoms with Gasteiger partial charge in [0.1, 0.15) is 0 Å². The molecule has 0 spiro atoms. The van der Waals surface area contributed by atoms with Crippen LogP contribution in [0.3, 0.4) is 0 Å². The molecule has 0 aliphatic carbocycles. The predicted molar refractivity (Wildman–Crippen MR) is 78.0 cm³/mol. The first-order valence-corrected chi connectivity index (χ1v) is 7.00. The Hall–Kier alpha value is -2.48. The topological polar surface area (TPSA) is 87.0 Å². The van der Waals surface area contributed by atoms with Crippen LogP contribution in [0.4, 0.5) is 5.95 Å². The molecule has 1 aliphatic rings. The van der Waals surface area contributed by atoms with Crippen LogP contribution >= 0.6 is 0 Å². The Kier molecular flexibility index (Phi) is 2.81. The number of nitrogens with zero attached hydrogens (tertiary/aromatic N) is 6. The second-order valence-corrected chi connectivity index (χ2v) is 5.25. The van der Waals surface area contributed by atoms with E-state index >= 15 is 0 Å². The van der Waals surface area contributed by atoms with Crippen LogP contribution in [0, 0.1) is 0 Å². The minimum Gasteiger partial charge on any atom is -0.337 e. The van der Waals surface area contributed by atoms with E-state index in [4.69, 9.17) is 0 Å². The summed E-state index contributed by atoms with van der Waals surface area (Å²) in [6, 6.07) is 0.446. The summed E-state index contributed by atoms with van der Waals surface area (Å²) in [6.07, 6.45) is 7.07. The van der Waals surface area contributed by atoms with E-state index in [-0.39, 0.29) is 0 Å². The lowest BCUT2D eigenvalue weighted by molar-refractivity contribution is 0.480. The number of H-pyrrole nitrogens is 1. The van der Waals surface area contributed by atoms with Gasteiger partial charge in [0.25, 0.3) is 0 Å². The van der Waals surface area contributed by atoms with Gasteiger partial charge in [0.05, 0.1) is 23.5 Å². The maximum atomic E-state index is 4.61. The van der Waals surface area contributed by atoms with E-state index in [0.29, 0.717) is 6.04 Å². The highest BCUT2D eigenvalue weighted by Gasteiger charge is 2.20. The molecule has 0 unspecified atom stereocenters. The average molecular weight is 284 g/mol. The van der Waals surface area contributed by atoms with Crippen LogP contribution in [0.2, 0.25) is 0 Å². The number of rotatable bonds is 2. The van der Waals surface area contributed by atoms with Gasteiger partial charge >= 0.3 is 0 Å². The molecule has 8 heteroatoms. The van der Waals surface area contributed by atoms with E-state index < -0.39 is 0 Å². The third kappa shape index (κ3) is 2.13. The molecule has 4 rings (SSSR count). The molecular weight excluding hydrogens is 268 g/mol. The highest BCUT2D eigenvalue weighted by Crippen LogP contribution is 2.22. The summed E-state index contributed by atoms with van der Waals surface area (Å²) in [5.41, 5.74) is 1.82. The zero-order valence-electron chi connectivity index (χ0n) is 11.7. The highest BCUT2D eigenvalue weighted by atomic mass is 15.4. The lowest BCUT2D eigenvalue weighted by atomic mass is 10.2. The number of hydrogen-bond acceptors (Lipinski definition) is 6. The van der Waals surface area contributed by atoms with E-state index in [2.05, 4.69) is 42.4 Å². The average Bonchev–Trinajstić information content (AvgIpc) is 3.14. The number of aromatic nitrogens is 6. The van der Waals surface area contributed by atoms with Crippen molar-refractivity contribution in [3.63, 3.8) is 0 Å². The molecule has 0 amide bonds. The molecule has 108 valence electrons. The van der Waals surface area contributed by atoms with Crippen molar-refractivity contribution in [2.75, 3.05) is 24.5 Å². The Bertz CT molecular complexity index is 760. The molecular formula is C13H16N8. The second-order valence-electron chi connectivity index (χ2n) is 5.25. The smallest absolute Gasteiger partial charge is 0.245 e. The standard InChI is InChI=1S/C13H16N8/c1-9-8-20(4-3-15-9)13-17-12(18-19-13)10-6-16-21-5-2-14-7-11(10)21/h2,5-7,9,15H,3-4,8H2,1H3,(H,17,18,19)/t9-/m0/s1. The molecule has 8 nitrogen and oxygen atoms in total. The molecule has 4 heterocycles. The summed E-state index contributed by atoms with van der Waals surface area (Å²) in [4.78, 5) is 10.9. The normalized spacial score (nSPS) is 19.3. The summed E-state index contributed by atoms with van der Waals surface area (Å²) in [7, 11) is 0. The molecule has 3 aromatic rings. The van der Waals surface area contributed by atoms with Gasteiger partial charge in [-0.25, -0.2) is 4.52 Å². The number of hydrogen-bond donors (Lipinski definition) is 2. The molecule has 1 saturated heterocycles. The highest BCUT2D eigenvalue weighted by molar-refractivity contribution is 5.75. The van der Waals surface area contributed by atoms with E-state index in [1.54, 1.807) is 23.1 Å². The number of aromatic amines is 1. The van der Waals surface area contributed by atoms with Gasteiger partial charge in [0.15, 0.2) is 5.82 Å². The third-order valence-corrected chi connectivity index (χ3v) is 3.71. The van der Waals surface area contributed by atoms with Crippen molar-refractivity contribution in [2.45, 2.75) is 13.0 Å². The predicted octanol–water partition coefficient (Wildman–Crippen LogP) is 0.312. The number of fused-ring (bicyclic) bond motifs is 1. The van der Waals surface area contributed by atoms with Crippen LogP contribution < -0.4 is 10.2 Å². The maximum absolute atomic E-state index is 4.61. The molecule has 0 aromatic carbocycles. The van der Waals surface area contributed by atoms with Gasteiger partial charge in [-0.15, -0.1) is 5.10 Å². The Morgan fingerprint density at radius 1 is 1.33 bits per heavy atom. The van der Waals surface area contributed by atoms with Crippen molar-refractivity contribution in [3.8, 4) is 11.4 Å². The molecule has 1 atom stereocenters. The fourth-order valence-corrected chi connectivity index (χ4v) is 2.65. The molecule has 21 heavy (non-hydrogen) atoms. The Balaban J connectivity index is 1.68. The zero-order valence-corrected chi connectivity index (χ0v) is 11.7. The zero-order chi connectivity index (χ0) is 14.2. The molecule has 3 aromatic heterocycles. The van der Waals surface area contributed by atoms with Crippen LogP contribution in [-0.2, 0) is 0 Å². The maximum Gasteiger partial charge on any atom is 0.245 e. The van der Waals surface area contributed by atoms with Crippen molar-refractivity contribution in [1.82, 2.24) is 35.1 Å². The van der Waals surface area contributed by atoms with E-state index in [0.717, 1.165) is 42.5 Å². The Morgan fingerprint density at radius 3 is 3.19 bits per heavy atom. The first-order chi connectivity index (χ1) is 10.3.